The highest BCUT2D eigenvalue weighted by atomic mass is 79.9. The molecule has 1 aromatic heterocycles. The predicted octanol–water partition coefficient (Wildman–Crippen LogP) is 6.13. The Kier molecular flexibility index (Phi) is 7.93. The maximum absolute atomic E-state index is 12.4. The van der Waals surface area contributed by atoms with Crippen LogP contribution in [0.5, 0.6) is 5.75 Å². The lowest BCUT2D eigenvalue weighted by Gasteiger charge is -2.15. The van der Waals surface area contributed by atoms with Gasteiger partial charge in [0.1, 0.15) is 11.3 Å². The summed E-state index contributed by atoms with van der Waals surface area (Å²) in [6.45, 7) is 7.58. The molecule has 2 aromatic carbocycles. The van der Waals surface area contributed by atoms with E-state index in [4.69, 9.17) is 13.9 Å². The molecule has 164 valence electrons. The number of methoxy groups -OCH3 is 1. The maximum Gasteiger partial charge on any atom is 0.244 e. The van der Waals surface area contributed by atoms with Crippen LogP contribution in [-0.4, -0.2) is 32.8 Å². The van der Waals surface area contributed by atoms with Gasteiger partial charge in [-0.1, -0.05) is 28.1 Å². The SMILES string of the molecule is CCOc1c(/C(C)=C/C(=O)NCCCOC)cc2c(-c3cccc(Br)c3)coc2c1C. The minimum absolute atomic E-state index is 0.131. The van der Waals surface area contributed by atoms with Crippen LogP contribution in [0.2, 0.25) is 0 Å². The lowest BCUT2D eigenvalue weighted by Crippen LogP contribution is -2.23. The third kappa shape index (κ3) is 5.38. The Labute approximate surface area is 191 Å². The number of hydrogen-bond donors (Lipinski definition) is 1. The summed E-state index contributed by atoms with van der Waals surface area (Å²) < 4.78 is 17.9. The van der Waals surface area contributed by atoms with Crippen molar-refractivity contribution in [1.82, 2.24) is 5.32 Å². The molecular weight excluding hydrogens is 458 g/mol. The summed E-state index contributed by atoms with van der Waals surface area (Å²) in [5.41, 5.74) is 5.49. The van der Waals surface area contributed by atoms with Crippen LogP contribution in [0.3, 0.4) is 0 Å². The van der Waals surface area contributed by atoms with Crippen molar-refractivity contribution in [2.75, 3.05) is 26.9 Å². The number of benzene rings is 2. The predicted molar refractivity (Wildman–Crippen MR) is 128 cm³/mol. The molecule has 0 bridgehead atoms. The molecule has 0 aliphatic rings. The van der Waals surface area contributed by atoms with E-state index in [1.165, 1.54) is 0 Å². The molecule has 0 aliphatic heterocycles. The van der Waals surface area contributed by atoms with Crippen LogP contribution in [0.1, 0.15) is 31.4 Å². The lowest BCUT2D eigenvalue weighted by molar-refractivity contribution is -0.116. The number of allylic oxidation sites excluding steroid dienone is 1. The van der Waals surface area contributed by atoms with Gasteiger partial charge in [-0.3, -0.25) is 4.79 Å². The monoisotopic (exact) mass is 485 g/mol. The molecule has 0 fully saturated rings. The first-order valence-corrected chi connectivity index (χ1v) is 11.1. The van der Waals surface area contributed by atoms with Crippen molar-refractivity contribution in [2.45, 2.75) is 27.2 Å². The molecule has 5 nitrogen and oxygen atoms in total. The van der Waals surface area contributed by atoms with Crippen molar-refractivity contribution in [3.8, 4) is 16.9 Å². The van der Waals surface area contributed by atoms with Crippen molar-refractivity contribution >= 4 is 38.4 Å². The molecule has 0 saturated heterocycles. The van der Waals surface area contributed by atoms with Gasteiger partial charge in [-0.15, -0.1) is 0 Å². The largest absolute Gasteiger partial charge is 0.493 e. The van der Waals surface area contributed by atoms with Crippen LogP contribution in [0, 0.1) is 6.92 Å². The highest BCUT2D eigenvalue weighted by Crippen LogP contribution is 2.41. The zero-order valence-electron chi connectivity index (χ0n) is 18.4. The number of aryl methyl sites for hydroxylation is 1. The third-order valence-corrected chi connectivity index (χ3v) is 5.56. The van der Waals surface area contributed by atoms with Crippen molar-refractivity contribution in [1.29, 1.82) is 0 Å². The molecule has 31 heavy (non-hydrogen) atoms. The number of ether oxygens (including phenoxy) is 2. The van der Waals surface area contributed by atoms with E-state index in [1.54, 1.807) is 19.4 Å². The maximum atomic E-state index is 12.4. The first-order valence-electron chi connectivity index (χ1n) is 10.3. The van der Waals surface area contributed by atoms with E-state index in [2.05, 4.69) is 39.4 Å². The highest BCUT2D eigenvalue weighted by Gasteiger charge is 2.19. The number of carbonyl (C=O) groups is 1. The summed E-state index contributed by atoms with van der Waals surface area (Å²) in [5, 5.41) is 3.89. The average molecular weight is 486 g/mol. The lowest BCUT2D eigenvalue weighted by atomic mass is 9.96. The van der Waals surface area contributed by atoms with E-state index < -0.39 is 0 Å². The summed E-state index contributed by atoms with van der Waals surface area (Å²) in [6, 6.07) is 10.2. The van der Waals surface area contributed by atoms with Crippen molar-refractivity contribution in [3.63, 3.8) is 0 Å². The van der Waals surface area contributed by atoms with Crippen molar-refractivity contribution < 1.29 is 18.7 Å². The van der Waals surface area contributed by atoms with E-state index in [0.29, 0.717) is 19.8 Å². The molecule has 0 radical (unpaired) electrons. The first-order chi connectivity index (χ1) is 15.0. The fraction of sp³-hybridized carbons (Fsp3) is 0.320. The van der Waals surface area contributed by atoms with E-state index in [1.807, 2.05) is 32.9 Å². The Hall–Kier alpha value is -2.57. The summed E-state index contributed by atoms with van der Waals surface area (Å²) in [7, 11) is 1.65. The van der Waals surface area contributed by atoms with Gasteiger partial charge < -0.3 is 19.2 Å². The third-order valence-electron chi connectivity index (χ3n) is 5.07. The number of nitrogens with one attached hydrogen (secondary N) is 1. The van der Waals surface area contributed by atoms with E-state index in [0.717, 1.165) is 55.4 Å². The number of halogens is 1. The van der Waals surface area contributed by atoms with Gasteiger partial charge in [-0.05, 0) is 56.5 Å². The Balaban J connectivity index is 2.04. The Bertz CT molecular complexity index is 1100. The molecule has 3 aromatic rings. The molecule has 0 unspecified atom stereocenters. The summed E-state index contributed by atoms with van der Waals surface area (Å²) in [5.74, 6) is 0.610. The van der Waals surface area contributed by atoms with Crippen molar-refractivity contribution in [2.24, 2.45) is 0 Å². The number of hydrogen-bond acceptors (Lipinski definition) is 4. The number of fused-ring (bicyclic) bond motifs is 1. The Morgan fingerprint density at radius 3 is 2.81 bits per heavy atom. The fourth-order valence-electron chi connectivity index (χ4n) is 3.57. The molecule has 0 saturated carbocycles. The van der Waals surface area contributed by atoms with Gasteiger partial charge in [0.25, 0.3) is 0 Å². The minimum Gasteiger partial charge on any atom is -0.493 e. The number of amides is 1. The number of furan rings is 1. The van der Waals surface area contributed by atoms with E-state index in [9.17, 15) is 4.79 Å². The van der Waals surface area contributed by atoms with Crippen LogP contribution in [0.25, 0.3) is 27.7 Å². The second-order valence-corrected chi connectivity index (χ2v) is 8.23. The zero-order chi connectivity index (χ0) is 22.4. The minimum atomic E-state index is -0.131. The molecule has 3 rings (SSSR count). The first kappa shape index (κ1) is 23.1. The van der Waals surface area contributed by atoms with Gasteiger partial charge in [-0.2, -0.15) is 0 Å². The second-order valence-electron chi connectivity index (χ2n) is 7.31. The van der Waals surface area contributed by atoms with Gasteiger partial charge in [0.05, 0.1) is 12.9 Å². The van der Waals surface area contributed by atoms with Gasteiger partial charge >= 0.3 is 0 Å². The molecule has 6 heteroatoms. The zero-order valence-corrected chi connectivity index (χ0v) is 20.0. The normalized spacial score (nSPS) is 11.7. The van der Waals surface area contributed by atoms with Crippen LogP contribution in [-0.2, 0) is 9.53 Å². The molecule has 1 N–H and O–H groups in total. The van der Waals surface area contributed by atoms with Gasteiger partial charge in [0, 0.05) is 52.9 Å². The quantitative estimate of drug-likeness (QED) is 0.292. The van der Waals surface area contributed by atoms with Gasteiger partial charge in [-0.25, -0.2) is 0 Å². The van der Waals surface area contributed by atoms with E-state index in [-0.39, 0.29) is 5.91 Å². The Morgan fingerprint density at radius 1 is 1.29 bits per heavy atom. The average Bonchev–Trinajstić information content (AvgIpc) is 3.17. The molecule has 0 spiro atoms. The molecule has 0 aliphatic carbocycles. The highest BCUT2D eigenvalue weighted by molar-refractivity contribution is 9.10. The van der Waals surface area contributed by atoms with Gasteiger partial charge in [0.2, 0.25) is 5.91 Å². The van der Waals surface area contributed by atoms with Crippen molar-refractivity contribution in [3.05, 3.63) is 58.3 Å². The molecule has 0 atom stereocenters. The van der Waals surface area contributed by atoms with E-state index >= 15 is 0 Å². The van der Waals surface area contributed by atoms with Crippen LogP contribution in [0.15, 0.2) is 51.6 Å². The summed E-state index contributed by atoms with van der Waals surface area (Å²) >= 11 is 3.54. The standard InChI is InChI=1S/C25H28BrNO4/c1-5-30-24-17(3)25-21(22(15-31-25)18-8-6-9-19(26)13-18)14-20(24)16(2)12-23(28)27-10-7-11-29-4/h6,8-9,12-15H,5,7,10-11H2,1-4H3,(H,27,28)/b16-12+. The van der Waals surface area contributed by atoms with Crippen LogP contribution in [0.4, 0.5) is 0 Å². The van der Waals surface area contributed by atoms with Crippen LogP contribution < -0.4 is 10.1 Å². The topological polar surface area (TPSA) is 60.7 Å². The summed E-state index contributed by atoms with van der Waals surface area (Å²) in [4.78, 5) is 12.4. The second kappa shape index (κ2) is 10.6. The molecular formula is C25H28BrNO4. The molecule has 1 amide bonds. The molecule has 1 heterocycles. The van der Waals surface area contributed by atoms with Gasteiger partial charge in [0.15, 0.2) is 0 Å². The number of carbonyl (C=O) groups excluding carboxylic acids is 1. The fourth-order valence-corrected chi connectivity index (χ4v) is 3.97. The summed E-state index contributed by atoms with van der Waals surface area (Å²) in [6.07, 6.45) is 4.17. The Morgan fingerprint density at radius 2 is 2.10 bits per heavy atom. The smallest absolute Gasteiger partial charge is 0.244 e. The number of rotatable bonds is 9. The van der Waals surface area contributed by atoms with Crippen LogP contribution >= 0.6 is 15.9 Å².